The predicted molar refractivity (Wildman–Crippen MR) is 68.5 cm³/mol. The van der Waals surface area contributed by atoms with Crippen molar-refractivity contribution in [2.24, 2.45) is 5.92 Å². The van der Waals surface area contributed by atoms with E-state index in [1.807, 2.05) is 24.3 Å². The Morgan fingerprint density at radius 3 is 2.53 bits per heavy atom. The van der Waals surface area contributed by atoms with Crippen LogP contribution in [-0.4, -0.2) is 11.9 Å². The summed E-state index contributed by atoms with van der Waals surface area (Å²) in [4.78, 5) is 11.1. The van der Waals surface area contributed by atoms with E-state index in [2.05, 4.69) is 6.92 Å². The van der Waals surface area contributed by atoms with Crippen molar-refractivity contribution in [3.63, 3.8) is 0 Å². The van der Waals surface area contributed by atoms with Gasteiger partial charge in [-0.05, 0) is 56.4 Å². The summed E-state index contributed by atoms with van der Waals surface area (Å²) in [6.45, 7) is 3.87. The van der Waals surface area contributed by atoms with E-state index in [-0.39, 0.29) is 5.78 Å². The summed E-state index contributed by atoms with van der Waals surface area (Å²) < 4.78 is 5.95. The maximum atomic E-state index is 11.1. The Hall–Kier alpha value is -1.31. The minimum atomic E-state index is 0.0999. The van der Waals surface area contributed by atoms with Gasteiger partial charge in [-0.25, -0.2) is 0 Å². The van der Waals surface area contributed by atoms with Crippen molar-refractivity contribution in [2.75, 3.05) is 0 Å². The molecule has 1 aromatic carbocycles. The first-order valence-corrected chi connectivity index (χ1v) is 6.43. The largest absolute Gasteiger partial charge is 0.490 e. The van der Waals surface area contributed by atoms with E-state index in [9.17, 15) is 4.79 Å². The summed E-state index contributed by atoms with van der Waals surface area (Å²) >= 11 is 0. The average molecular weight is 232 g/mol. The fourth-order valence-corrected chi connectivity index (χ4v) is 2.45. The van der Waals surface area contributed by atoms with Gasteiger partial charge in [0, 0.05) is 5.56 Å². The van der Waals surface area contributed by atoms with Gasteiger partial charge >= 0.3 is 0 Å². The third-order valence-corrected chi connectivity index (χ3v) is 3.45. The van der Waals surface area contributed by atoms with Gasteiger partial charge in [-0.2, -0.15) is 0 Å². The number of carbonyl (C=O) groups is 1. The molecule has 2 nitrogen and oxygen atoms in total. The van der Waals surface area contributed by atoms with E-state index in [1.165, 1.54) is 12.8 Å². The van der Waals surface area contributed by atoms with Gasteiger partial charge in [0.2, 0.25) is 0 Å². The molecule has 1 aromatic rings. The molecule has 0 bridgehead atoms. The fraction of sp³-hybridized carbons (Fsp3) is 0.533. The molecule has 0 radical (unpaired) electrons. The molecule has 1 aliphatic carbocycles. The Balaban J connectivity index is 1.96. The van der Waals surface area contributed by atoms with Crippen LogP contribution in [0.15, 0.2) is 24.3 Å². The first-order chi connectivity index (χ1) is 8.15. The monoisotopic (exact) mass is 232 g/mol. The van der Waals surface area contributed by atoms with Crippen molar-refractivity contribution in [1.29, 1.82) is 0 Å². The third-order valence-electron chi connectivity index (χ3n) is 3.45. The number of hydrogen-bond acceptors (Lipinski definition) is 2. The smallest absolute Gasteiger partial charge is 0.159 e. The Morgan fingerprint density at radius 1 is 1.24 bits per heavy atom. The minimum absolute atomic E-state index is 0.0999. The van der Waals surface area contributed by atoms with Gasteiger partial charge in [0.15, 0.2) is 5.78 Å². The second-order valence-electron chi connectivity index (χ2n) is 5.09. The van der Waals surface area contributed by atoms with Crippen LogP contribution < -0.4 is 4.74 Å². The molecule has 1 fully saturated rings. The number of carbonyl (C=O) groups excluding carboxylic acids is 1. The second-order valence-corrected chi connectivity index (χ2v) is 5.09. The molecule has 0 saturated heterocycles. The maximum Gasteiger partial charge on any atom is 0.159 e. The third kappa shape index (κ3) is 3.32. The van der Waals surface area contributed by atoms with Crippen LogP contribution in [0.5, 0.6) is 5.75 Å². The molecule has 0 N–H and O–H groups in total. The summed E-state index contributed by atoms with van der Waals surface area (Å²) in [5.41, 5.74) is 0.745. The minimum Gasteiger partial charge on any atom is -0.490 e. The number of Topliss-reactive ketones (excluding diaryl/α,β-unsaturated/α-hetero) is 1. The summed E-state index contributed by atoms with van der Waals surface area (Å²) in [7, 11) is 0. The van der Waals surface area contributed by atoms with E-state index in [0.717, 1.165) is 30.1 Å². The number of ketones is 1. The number of hydrogen-bond donors (Lipinski definition) is 0. The molecule has 0 spiro atoms. The molecule has 0 aromatic heterocycles. The molecule has 0 heterocycles. The van der Waals surface area contributed by atoms with Crippen LogP contribution in [0.2, 0.25) is 0 Å². The molecule has 92 valence electrons. The van der Waals surface area contributed by atoms with Crippen LogP contribution in [0.3, 0.4) is 0 Å². The van der Waals surface area contributed by atoms with Crippen LogP contribution >= 0.6 is 0 Å². The molecule has 0 aliphatic heterocycles. The molecular weight excluding hydrogens is 212 g/mol. The lowest BCUT2D eigenvalue weighted by atomic mass is 9.89. The Labute approximate surface area is 103 Å². The summed E-state index contributed by atoms with van der Waals surface area (Å²) in [6, 6.07) is 7.47. The van der Waals surface area contributed by atoms with E-state index in [0.29, 0.717) is 6.10 Å². The van der Waals surface area contributed by atoms with Gasteiger partial charge in [-0.1, -0.05) is 13.3 Å². The molecule has 17 heavy (non-hydrogen) atoms. The van der Waals surface area contributed by atoms with Crippen LogP contribution in [0.4, 0.5) is 0 Å². The zero-order chi connectivity index (χ0) is 12.3. The quantitative estimate of drug-likeness (QED) is 0.740. The van der Waals surface area contributed by atoms with E-state index in [1.54, 1.807) is 6.92 Å². The number of rotatable bonds is 3. The fourth-order valence-electron chi connectivity index (χ4n) is 2.45. The Bertz CT molecular complexity index is 380. The molecule has 2 rings (SSSR count). The molecule has 1 aliphatic rings. The van der Waals surface area contributed by atoms with Crippen LogP contribution in [0.1, 0.15) is 49.9 Å². The van der Waals surface area contributed by atoms with E-state index >= 15 is 0 Å². The second kappa shape index (κ2) is 5.35. The van der Waals surface area contributed by atoms with Crippen LogP contribution in [-0.2, 0) is 0 Å². The van der Waals surface area contributed by atoms with Crippen molar-refractivity contribution < 1.29 is 9.53 Å². The summed E-state index contributed by atoms with van der Waals surface area (Å²) in [6.07, 6.45) is 5.23. The predicted octanol–water partition coefficient (Wildman–Crippen LogP) is 3.85. The average Bonchev–Trinajstić information content (AvgIpc) is 2.29. The molecule has 1 saturated carbocycles. The standard InChI is InChI=1S/C15H20O2/c1-11-4-3-5-15(10-11)17-14-8-6-13(7-9-14)12(2)16/h6-9,11,15H,3-5,10H2,1-2H3. The number of ether oxygens (including phenoxy) is 1. The van der Waals surface area contributed by atoms with Gasteiger partial charge in [-0.15, -0.1) is 0 Å². The van der Waals surface area contributed by atoms with Crippen molar-refractivity contribution in [3.8, 4) is 5.75 Å². The number of benzene rings is 1. The lowest BCUT2D eigenvalue weighted by molar-refractivity contribution is 0.101. The van der Waals surface area contributed by atoms with Gasteiger partial charge in [-0.3, -0.25) is 4.79 Å². The molecular formula is C15H20O2. The van der Waals surface area contributed by atoms with Gasteiger partial charge in [0.05, 0.1) is 6.10 Å². The zero-order valence-corrected chi connectivity index (χ0v) is 10.6. The lowest BCUT2D eigenvalue weighted by Gasteiger charge is -2.27. The summed E-state index contributed by atoms with van der Waals surface area (Å²) in [5, 5.41) is 0. The van der Waals surface area contributed by atoms with Crippen molar-refractivity contribution >= 4 is 5.78 Å². The first kappa shape index (κ1) is 12.2. The zero-order valence-electron chi connectivity index (χ0n) is 10.6. The summed E-state index contributed by atoms with van der Waals surface area (Å²) in [5.74, 6) is 1.75. The van der Waals surface area contributed by atoms with Gasteiger partial charge in [0.25, 0.3) is 0 Å². The highest BCUT2D eigenvalue weighted by Crippen LogP contribution is 2.27. The Kier molecular flexibility index (Phi) is 3.82. The van der Waals surface area contributed by atoms with Crippen molar-refractivity contribution in [1.82, 2.24) is 0 Å². The van der Waals surface area contributed by atoms with Crippen LogP contribution in [0, 0.1) is 5.92 Å². The van der Waals surface area contributed by atoms with E-state index in [4.69, 9.17) is 4.74 Å². The Morgan fingerprint density at radius 2 is 1.94 bits per heavy atom. The normalized spacial score (nSPS) is 24.4. The highest BCUT2D eigenvalue weighted by molar-refractivity contribution is 5.94. The van der Waals surface area contributed by atoms with E-state index < -0.39 is 0 Å². The van der Waals surface area contributed by atoms with Gasteiger partial charge < -0.3 is 4.74 Å². The molecule has 2 atom stereocenters. The molecule has 2 heteroatoms. The van der Waals surface area contributed by atoms with Gasteiger partial charge in [0.1, 0.15) is 5.75 Å². The SMILES string of the molecule is CC(=O)c1ccc(OC2CCCC(C)C2)cc1. The topological polar surface area (TPSA) is 26.3 Å². The molecule has 0 amide bonds. The first-order valence-electron chi connectivity index (χ1n) is 6.43. The highest BCUT2D eigenvalue weighted by atomic mass is 16.5. The maximum absolute atomic E-state index is 11.1. The van der Waals surface area contributed by atoms with Crippen molar-refractivity contribution in [2.45, 2.75) is 45.6 Å². The van der Waals surface area contributed by atoms with Crippen LogP contribution in [0.25, 0.3) is 0 Å². The molecule has 2 unspecified atom stereocenters. The highest BCUT2D eigenvalue weighted by Gasteiger charge is 2.20. The van der Waals surface area contributed by atoms with Crippen molar-refractivity contribution in [3.05, 3.63) is 29.8 Å². The lowest BCUT2D eigenvalue weighted by Crippen LogP contribution is -2.24.